The monoisotopic (exact) mass is 754 g/mol. The number of aromatic amines is 1. The van der Waals surface area contributed by atoms with E-state index in [-0.39, 0.29) is 17.8 Å². The summed E-state index contributed by atoms with van der Waals surface area (Å²) in [5.74, 6) is -0.263. The summed E-state index contributed by atoms with van der Waals surface area (Å²) in [6.07, 6.45) is 0.146. The zero-order valence-electron chi connectivity index (χ0n) is 28.0. The predicted molar refractivity (Wildman–Crippen MR) is 190 cm³/mol. The largest absolute Gasteiger partial charge is 0.489 e. The van der Waals surface area contributed by atoms with Gasteiger partial charge in [-0.15, -0.1) is 0 Å². The molecule has 0 fully saturated rings. The van der Waals surface area contributed by atoms with E-state index in [1.807, 2.05) is 60.7 Å². The normalized spacial score (nSPS) is 12.3. The number of carbonyl (C=O) groups is 3. The van der Waals surface area contributed by atoms with Crippen LogP contribution in [0, 0.1) is 9.12 Å². The van der Waals surface area contributed by atoms with Crippen LogP contribution in [0.1, 0.15) is 58.2 Å². The van der Waals surface area contributed by atoms with E-state index in [0.29, 0.717) is 25.4 Å². The molecule has 4 aromatic rings. The molecule has 0 aliphatic carbocycles. The van der Waals surface area contributed by atoms with Crippen molar-refractivity contribution in [1.82, 2.24) is 10.3 Å². The van der Waals surface area contributed by atoms with Crippen LogP contribution in [-0.4, -0.2) is 48.4 Å². The second-order valence-corrected chi connectivity index (χ2v) is 14.4. The van der Waals surface area contributed by atoms with Gasteiger partial charge in [0, 0.05) is 29.7 Å². The number of nitrogens with one attached hydrogen (secondary N) is 2. The van der Waals surface area contributed by atoms with Crippen molar-refractivity contribution in [1.29, 1.82) is 0 Å². The van der Waals surface area contributed by atoms with Crippen molar-refractivity contribution >= 4 is 51.5 Å². The van der Waals surface area contributed by atoms with Crippen molar-refractivity contribution in [2.24, 2.45) is 5.41 Å². The Hall–Kier alpha value is -4.06. The van der Waals surface area contributed by atoms with Crippen molar-refractivity contribution < 1.29 is 33.3 Å². The average Bonchev–Trinajstić information content (AvgIpc) is 3.31. The minimum atomic E-state index is -0.980. The van der Waals surface area contributed by atoms with Gasteiger partial charge in [0.2, 0.25) is 0 Å². The third-order valence-corrected chi connectivity index (χ3v) is 8.26. The highest BCUT2D eigenvalue weighted by molar-refractivity contribution is 14.1. The lowest BCUT2D eigenvalue weighted by Gasteiger charge is -2.24. The molecule has 0 radical (unpaired) electrons. The SMILES string of the molecule is COC(=O)[C@H](Cc1cc(OCc2ccccc2)cc(-c2ccc3[nH]c(I)c(CC(C)(C)COC(C)=O)c3c2)c1)NC(=O)OC(C)(C)C. The second kappa shape index (κ2) is 15.2. The molecule has 1 amide bonds. The van der Waals surface area contributed by atoms with Gasteiger partial charge >= 0.3 is 18.0 Å². The third-order valence-electron chi connectivity index (χ3n) is 7.34. The number of rotatable bonds is 12. The lowest BCUT2D eigenvalue weighted by Crippen LogP contribution is -2.45. The first kappa shape index (κ1) is 35.8. The number of fused-ring (bicyclic) bond motifs is 1. The number of esters is 2. The van der Waals surface area contributed by atoms with Gasteiger partial charge in [0.1, 0.15) is 24.0 Å². The Balaban J connectivity index is 1.72. The number of alkyl carbamates (subject to hydrolysis) is 1. The van der Waals surface area contributed by atoms with Crippen LogP contribution in [0.3, 0.4) is 0 Å². The van der Waals surface area contributed by atoms with Gasteiger partial charge < -0.3 is 29.2 Å². The molecule has 0 saturated carbocycles. The number of hydrogen-bond acceptors (Lipinski definition) is 7. The van der Waals surface area contributed by atoms with E-state index in [1.165, 1.54) is 14.0 Å². The Kier molecular flexibility index (Phi) is 11.6. The zero-order chi connectivity index (χ0) is 34.4. The molecule has 0 bridgehead atoms. The summed E-state index contributed by atoms with van der Waals surface area (Å²) in [6, 6.07) is 21.0. The zero-order valence-corrected chi connectivity index (χ0v) is 30.1. The van der Waals surface area contributed by atoms with Crippen LogP contribution in [0.15, 0.2) is 66.7 Å². The number of methoxy groups -OCH3 is 1. The lowest BCUT2D eigenvalue weighted by atomic mass is 9.86. The van der Waals surface area contributed by atoms with Crippen LogP contribution in [0.25, 0.3) is 22.0 Å². The minimum absolute atomic E-state index is 0.154. The predicted octanol–water partition coefficient (Wildman–Crippen LogP) is 7.76. The Morgan fingerprint density at radius 1 is 0.915 bits per heavy atom. The van der Waals surface area contributed by atoms with Gasteiger partial charge in [-0.05, 0) is 102 Å². The van der Waals surface area contributed by atoms with Crippen molar-refractivity contribution in [3.8, 4) is 16.9 Å². The molecule has 47 heavy (non-hydrogen) atoms. The molecule has 10 heteroatoms. The quantitative estimate of drug-likeness (QED) is 0.0864. The van der Waals surface area contributed by atoms with Crippen LogP contribution in [0.2, 0.25) is 0 Å². The summed E-state index contributed by atoms with van der Waals surface area (Å²) in [7, 11) is 1.29. The fraction of sp³-hybridized carbons (Fsp3) is 0.378. The van der Waals surface area contributed by atoms with Gasteiger partial charge in [0.05, 0.1) is 17.4 Å². The highest BCUT2D eigenvalue weighted by Gasteiger charge is 2.27. The summed E-state index contributed by atoms with van der Waals surface area (Å²) >= 11 is 2.32. The van der Waals surface area contributed by atoms with Gasteiger partial charge in [-0.1, -0.05) is 56.3 Å². The topological polar surface area (TPSA) is 116 Å². The van der Waals surface area contributed by atoms with Crippen LogP contribution < -0.4 is 10.1 Å². The molecule has 1 aromatic heterocycles. The minimum Gasteiger partial charge on any atom is -0.489 e. The van der Waals surface area contributed by atoms with E-state index < -0.39 is 23.7 Å². The molecule has 1 heterocycles. The Morgan fingerprint density at radius 2 is 1.64 bits per heavy atom. The van der Waals surface area contributed by atoms with Gasteiger partial charge in [0.15, 0.2) is 0 Å². The van der Waals surface area contributed by atoms with Crippen molar-refractivity contribution in [2.45, 2.75) is 72.6 Å². The van der Waals surface area contributed by atoms with Gasteiger partial charge in [-0.3, -0.25) is 4.79 Å². The molecule has 9 nitrogen and oxygen atoms in total. The highest BCUT2D eigenvalue weighted by atomic mass is 127. The first-order chi connectivity index (χ1) is 22.1. The van der Waals surface area contributed by atoms with Crippen LogP contribution in [0.5, 0.6) is 5.75 Å². The molecule has 3 aromatic carbocycles. The molecule has 250 valence electrons. The van der Waals surface area contributed by atoms with E-state index in [4.69, 9.17) is 18.9 Å². The van der Waals surface area contributed by atoms with Gasteiger partial charge in [-0.2, -0.15) is 0 Å². The first-order valence-electron chi connectivity index (χ1n) is 15.4. The van der Waals surface area contributed by atoms with Crippen molar-refractivity contribution in [3.63, 3.8) is 0 Å². The average molecular weight is 755 g/mol. The number of ether oxygens (including phenoxy) is 4. The Labute approximate surface area is 289 Å². The van der Waals surface area contributed by atoms with Crippen molar-refractivity contribution in [2.75, 3.05) is 13.7 Å². The number of hydrogen-bond donors (Lipinski definition) is 2. The van der Waals surface area contributed by atoms with E-state index in [1.54, 1.807) is 20.8 Å². The summed E-state index contributed by atoms with van der Waals surface area (Å²) in [5, 5.41) is 3.74. The van der Waals surface area contributed by atoms with Crippen molar-refractivity contribution in [3.05, 3.63) is 87.1 Å². The fourth-order valence-corrected chi connectivity index (χ4v) is 5.96. The smallest absolute Gasteiger partial charge is 0.408 e. The summed E-state index contributed by atoms with van der Waals surface area (Å²) in [6.45, 7) is 11.5. The molecule has 0 aliphatic heterocycles. The van der Waals surface area contributed by atoms with Crippen LogP contribution >= 0.6 is 22.6 Å². The van der Waals surface area contributed by atoms with E-state index in [9.17, 15) is 14.4 Å². The Bertz CT molecular complexity index is 1720. The van der Waals surface area contributed by atoms with Crippen LogP contribution in [-0.2, 0) is 43.2 Å². The number of benzene rings is 3. The van der Waals surface area contributed by atoms with Gasteiger partial charge in [-0.25, -0.2) is 9.59 Å². The summed E-state index contributed by atoms with van der Waals surface area (Å²) < 4.78 is 23.1. The number of amides is 1. The molecule has 0 aliphatic rings. The molecule has 2 N–H and O–H groups in total. The molecule has 0 unspecified atom stereocenters. The summed E-state index contributed by atoms with van der Waals surface area (Å²) in [5.41, 5.74) is 4.75. The fourth-order valence-electron chi connectivity index (χ4n) is 5.18. The molecule has 0 spiro atoms. The number of halogens is 1. The van der Waals surface area contributed by atoms with Crippen LogP contribution in [0.4, 0.5) is 4.79 Å². The maximum Gasteiger partial charge on any atom is 0.408 e. The number of aromatic nitrogens is 1. The van der Waals surface area contributed by atoms with Gasteiger partial charge in [0.25, 0.3) is 0 Å². The number of H-pyrrole nitrogens is 1. The molecular weight excluding hydrogens is 711 g/mol. The Morgan fingerprint density at radius 3 is 2.30 bits per heavy atom. The second-order valence-electron chi connectivity index (χ2n) is 13.4. The molecule has 0 saturated heterocycles. The molecule has 4 rings (SSSR count). The standard InChI is InChI=1S/C37H43IN2O7/c1-23(41)46-22-37(5,6)20-30-29-19-26(13-14-31(29)39-33(30)38)27-15-25(16-28(18-27)45-21-24-11-9-8-10-12-24)17-32(34(42)44-7)40-35(43)47-36(2,3)4/h8-16,18-19,32,39H,17,20-22H2,1-7H3,(H,40,43)/t32-/m0/s1. The number of carbonyl (C=O) groups excluding carboxylic acids is 3. The lowest BCUT2D eigenvalue weighted by molar-refractivity contribution is -0.144. The van der Waals surface area contributed by atoms with E-state index >= 15 is 0 Å². The van der Waals surface area contributed by atoms with E-state index in [2.05, 4.69) is 52.8 Å². The molecule has 1 atom stereocenters. The first-order valence-corrected chi connectivity index (χ1v) is 16.5. The van der Waals surface area contributed by atoms with E-state index in [0.717, 1.165) is 42.4 Å². The maximum absolute atomic E-state index is 12.8. The highest BCUT2D eigenvalue weighted by Crippen LogP contribution is 2.35. The molecular formula is C37H43IN2O7. The summed E-state index contributed by atoms with van der Waals surface area (Å²) in [4.78, 5) is 40.4. The third kappa shape index (κ3) is 10.5. The maximum atomic E-state index is 12.8.